The molecule has 1 aromatic carbocycles. The highest BCUT2D eigenvalue weighted by Gasteiger charge is 1.94. The number of rotatable bonds is 0. The molecule has 0 unspecified atom stereocenters. The Hall–Kier alpha value is -4.90. The van der Waals surface area contributed by atoms with E-state index in [4.69, 9.17) is 10.5 Å². The van der Waals surface area contributed by atoms with E-state index >= 15 is 0 Å². The largest absolute Gasteiger partial charge is 0.346 e. The molecule has 0 radical (unpaired) electrons. The van der Waals surface area contributed by atoms with Crippen LogP contribution in [0.15, 0.2) is 78.2 Å². The van der Waals surface area contributed by atoms with Crippen LogP contribution in [0.3, 0.4) is 0 Å². The molecule has 0 aliphatic heterocycles. The van der Waals surface area contributed by atoms with Gasteiger partial charge in [0.15, 0.2) is 0 Å². The number of aromatic nitrogens is 8. The van der Waals surface area contributed by atoms with Gasteiger partial charge in [0, 0.05) is 16.9 Å². The Morgan fingerprint density at radius 1 is 0.862 bits per heavy atom. The summed E-state index contributed by atoms with van der Waals surface area (Å²) >= 11 is 0. The van der Waals surface area contributed by atoms with Crippen molar-refractivity contribution in [3.8, 4) is 12.1 Å². The lowest BCUT2D eigenvalue weighted by Crippen LogP contribution is -1.74. The van der Waals surface area contributed by atoms with Gasteiger partial charge in [-0.2, -0.15) is 25.9 Å². The van der Waals surface area contributed by atoms with Crippen LogP contribution in [-0.2, 0) is 0 Å². The van der Waals surface area contributed by atoms with Crippen LogP contribution in [-0.4, -0.2) is 40.7 Å². The molecule has 0 aliphatic rings. The Morgan fingerprint density at radius 3 is 2.14 bits per heavy atom. The maximum atomic E-state index is 8.22. The first kappa shape index (κ1) is 20.4. The zero-order chi connectivity index (χ0) is 20.6. The standard InChI is InChI=1S/C9H7N.C5H2N4.C2H3N3.C2H2N2O/c1-2-6-9-8(4-1)5-3-7-10-9;6-1-4-3-8-5(2-7)9-4;1-2-4-5-3-1;1-2-5-4-3-1/h1-7H;3H,(H,8,9);1-2H,(H,3,4,5);1-2H. The van der Waals surface area contributed by atoms with Crippen LogP contribution >= 0.6 is 0 Å². The number of pyridine rings is 1. The molecular weight excluding hydrogens is 372 g/mol. The highest BCUT2D eigenvalue weighted by Crippen LogP contribution is 2.07. The number of H-pyrrole nitrogens is 2. The minimum absolute atomic E-state index is 0.173. The SMILES string of the molecule is N#Cc1cnc(C#N)[nH]1.c1ccc2ncccc2c1.c1cn[nH]n1.c1conn1. The summed E-state index contributed by atoms with van der Waals surface area (Å²) in [6.07, 6.45) is 9.17. The van der Waals surface area contributed by atoms with Crippen molar-refractivity contribution in [1.82, 2.24) is 40.7 Å². The summed E-state index contributed by atoms with van der Waals surface area (Å²) in [5.74, 6) is 0.173. The number of benzene rings is 1. The molecule has 142 valence electrons. The molecule has 0 bridgehead atoms. The minimum atomic E-state index is 0.173. The lowest BCUT2D eigenvalue weighted by molar-refractivity contribution is 0.393. The molecule has 4 heterocycles. The van der Waals surface area contributed by atoms with Crippen LogP contribution in [0.1, 0.15) is 11.5 Å². The van der Waals surface area contributed by atoms with Gasteiger partial charge in [0.05, 0.1) is 30.3 Å². The van der Waals surface area contributed by atoms with Crippen molar-refractivity contribution in [2.75, 3.05) is 0 Å². The second kappa shape index (κ2) is 12.5. The van der Waals surface area contributed by atoms with Gasteiger partial charge in [-0.1, -0.05) is 24.3 Å². The van der Waals surface area contributed by atoms with Crippen molar-refractivity contribution in [3.05, 3.63) is 85.2 Å². The summed E-state index contributed by atoms with van der Waals surface area (Å²) in [7, 11) is 0. The van der Waals surface area contributed by atoms with E-state index in [1.165, 1.54) is 24.0 Å². The molecule has 0 spiro atoms. The van der Waals surface area contributed by atoms with Crippen LogP contribution < -0.4 is 0 Å². The van der Waals surface area contributed by atoms with Crippen LogP contribution in [0.4, 0.5) is 0 Å². The second-order valence-electron chi connectivity index (χ2n) is 4.81. The third kappa shape index (κ3) is 7.89. The Labute approximate surface area is 164 Å². The number of aromatic amines is 2. The molecule has 29 heavy (non-hydrogen) atoms. The van der Waals surface area contributed by atoms with E-state index in [2.05, 4.69) is 57.4 Å². The number of nitrogens with one attached hydrogen (secondary N) is 2. The zero-order valence-electron chi connectivity index (χ0n) is 14.9. The van der Waals surface area contributed by atoms with Gasteiger partial charge >= 0.3 is 0 Å². The van der Waals surface area contributed by atoms with Crippen LogP contribution in [0.2, 0.25) is 0 Å². The summed E-state index contributed by atoms with van der Waals surface area (Å²) in [5.41, 5.74) is 1.37. The summed E-state index contributed by atoms with van der Waals surface area (Å²) in [5, 5.41) is 33.3. The number of fused-ring (bicyclic) bond motifs is 1. The van der Waals surface area contributed by atoms with Crippen molar-refractivity contribution in [2.24, 2.45) is 0 Å². The smallest absolute Gasteiger partial charge is 0.211 e. The molecule has 11 nitrogen and oxygen atoms in total. The molecule has 0 saturated heterocycles. The summed E-state index contributed by atoms with van der Waals surface area (Å²) in [6.45, 7) is 0. The van der Waals surface area contributed by atoms with Crippen LogP contribution in [0.25, 0.3) is 10.9 Å². The molecule has 2 N–H and O–H groups in total. The highest BCUT2D eigenvalue weighted by molar-refractivity contribution is 5.77. The number of nitrogens with zero attached hydrogens (tertiary/aromatic N) is 8. The monoisotopic (exact) mass is 386 g/mol. The van der Waals surface area contributed by atoms with E-state index in [9.17, 15) is 0 Å². The Balaban J connectivity index is 0.000000145. The molecule has 0 saturated carbocycles. The van der Waals surface area contributed by atoms with E-state index in [1.54, 1.807) is 18.5 Å². The van der Waals surface area contributed by atoms with Crippen molar-refractivity contribution in [1.29, 1.82) is 10.5 Å². The molecule has 4 aromatic heterocycles. The quantitative estimate of drug-likeness (QED) is 0.405. The van der Waals surface area contributed by atoms with Crippen LogP contribution in [0, 0.1) is 22.7 Å². The fraction of sp³-hybridized carbons (Fsp3) is 0. The Kier molecular flexibility index (Phi) is 8.77. The lowest BCUT2D eigenvalue weighted by atomic mass is 10.2. The van der Waals surface area contributed by atoms with Gasteiger partial charge in [-0.25, -0.2) is 4.98 Å². The minimum Gasteiger partial charge on any atom is -0.346 e. The van der Waals surface area contributed by atoms with Crippen molar-refractivity contribution < 1.29 is 4.52 Å². The topological polar surface area (TPSA) is 170 Å². The fourth-order valence-corrected chi connectivity index (χ4v) is 1.75. The number of para-hydroxylation sites is 1. The van der Waals surface area contributed by atoms with Gasteiger partial charge < -0.3 is 9.51 Å². The molecule has 5 rings (SSSR count). The molecular formula is C18H14N10O. The molecule has 5 aromatic rings. The average molecular weight is 386 g/mol. The predicted octanol–water partition coefficient (Wildman–Crippen LogP) is 2.26. The van der Waals surface area contributed by atoms with Gasteiger partial charge in [-0.3, -0.25) is 4.98 Å². The van der Waals surface area contributed by atoms with E-state index in [1.807, 2.05) is 36.5 Å². The summed E-state index contributed by atoms with van der Waals surface area (Å²) in [6, 6.07) is 15.7. The van der Waals surface area contributed by atoms with Gasteiger partial charge in [0.1, 0.15) is 24.1 Å². The van der Waals surface area contributed by atoms with Crippen LogP contribution in [0.5, 0.6) is 0 Å². The molecule has 0 fully saturated rings. The number of nitriles is 2. The zero-order valence-corrected chi connectivity index (χ0v) is 14.9. The van der Waals surface area contributed by atoms with Gasteiger partial charge in [0.25, 0.3) is 0 Å². The molecule has 0 aliphatic carbocycles. The number of hydrogen-bond donors (Lipinski definition) is 2. The summed E-state index contributed by atoms with van der Waals surface area (Å²) in [4.78, 5) is 10.2. The second-order valence-corrected chi connectivity index (χ2v) is 4.81. The first-order chi connectivity index (χ1) is 14.3. The lowest BCUT2D eigenvalue weighted by Gasteiger charge is -1.91. The van der Waals surface area contributed by atoms with Crippen molar-refractivity contribution in [3.63, 3.8) is 0 Å². The third-order valence-corrected chi connectivity index (χ3v) is 2.93. The normalized spacial score (nSPS) is 8.62. The molecule has 0 amide bonds. The van der Waals surface area contributed by atoms with Crippen molar-refractivity contribution >= 4 is 10.9 Å². The summed E-state index contributed by atoms with van der Waals surface area (Å²) < 4.78 is 4.22. The van der Waals surface area contributed by atoms with Gasteiger partial charge in [0.2, 0.25) is 5.82 Å². The first-order valence-corrected chi connectivity index (χ1v) is 7.99. The fourth-order valence-electron chi connectivity index (χ4n) is 1.75. The molecule has 11 heteroatoms. The van der Waals surface area contributed by atoms with E-state index in [-0.39, 0.29) is 5.82 Å². The van der Waals surface area contributed by atoms with E-state index in [0.717, 1.165) is 5.52 Å². The van der Waals surface area contributed by atoms with E-state index in [0.29, 0.717) is 5.69 Å². The highest BCUT2D eigenvalue weighted by atomic mass is 16.5. The predicted molar refractivity (Wildman–Crippen MR) is 100 cm³/mol. The van der Waals surface area contributed by atoms with Gasteiger partial charge in [-0.15, -0.1) is 5.10 Å². The number of imidazole rings is 1. The Bertz CT molecular complexity index is 983. The average Bonchev–Trinajstić information content (AvgIpc) is 3.58. The molecule has 0 atom stereocenters. The first-order valence-electron chi connectivity index (χ1n) is 7.99. The van der Waals surface area contributed by atoms with Gasteiger partial charge in [-0.05, 0) is 12.1 Å². The maximum Gasteiger partial charge on any atom is 0.211 e. The number of hydrogen-bond acceptors (Lipinski definition) is 9. The van der Waals surface area contributed by atoms with E-state index < -0.39 is 0 Å². The van der Waals surface area contributed by atoms with Crippen molar-refractivity contribution in [2.45, 2.75) is 0 Å². The third-order valence-electron chi connectivity index (χ3n) is 2.93. The maximum absolute atomic E-state index is 8.22. The Morgan fingerprint density at radius 2 is 1.66 bits per heavy atom.